The van der Waals surface area contributed by atoms with Gasteiger partial charge in [0.25, 0.3) is 0 Å². The molecule has 0 saturated carbocycles. The molecule has 0 fully saturated rings. The van der Waals surface area contributed by atoms with Crippen LogP contribution in [0.2, 0.25) is 0 Å². The molecule has 0 heterocycles. The van der Waals surface area contributed by atoms with Crippen molar-refractivity contribution < 1.29 is 19.7 Å². The first-order chi connectivity index (χ1) is 10.6. The Labute approximate surface area is 147 Å². The summed E-state index contributed by atoms with van der Waals surface area (Å²) >= 11 is 17.8. The van der Waals surface area contributed by atoms with Crippen LogP contribution in [0.5, 0.6) is 17.2 Å². The molecule has 0 aliphatic rings. The number of aliphatic carboxylic acids is 1. The van der Waals surface area contributed by atoms with Gasteiger partial charge in [-0.25, -0.2) is 4.79 Å². The first-order valence-electron chi connectivity index (χ1n) is 6.31. The molecule has 0 saturated heterocycles. The molecule has 0 aromatic heterocycles. The number of hydrogen-bond donors (Lipinski definition) is 3. The van der Waals surface area contributed by atoms with Gasteiger partial charge in [0.05, 0.1) is 0 Å². The Hall–Kier alpha value is -1.66. The second-order valence-corrected chi connectivity index (χ2v) is 6.64. The number of carboxylic acid groups (broad SMARTS) is 1. The highest BCUT2D eigenvalue weighted by atomic mass is 35.5. The fourth-order valence-electron chi connectivity index (χ4n) is 1.73. The van der Waals surface area contributed by atoms with E-state index in [-0.39, 0.29) is 11.3 Å². The number of nitrogens with two attached hydrogens (primary N) is 1. The summed E-state index contributed by atoms with van der Waals surface area (Å²) in [5, 5.41) is 18.3. The largest absolute Gasteiger partial charge is 0.508 e. The van der Waals surface area contributed by atoms with Gasteiger partial charge in [0.15, 0.2) is 4.33 Å². The maximum absolute atomic E-state index is 11.1. The van der Waals surface area contributed by atoms with Crippen molar-refractivity contribution in [3.05, 3.63) is 54.1 Å². The zero-order chi connectivity index (χ0) is 17.3. The van der Waals surface area contributed by atoms with Crippen molar-refractivity contribution in [2.75, 3.05) is 0 Å². The standard InChI is InChI=1S/C15H12Cl3NO4/c16-14(17,15(18,19)13(21)22)9-1-5-11(6-2-9)23-12-7-3-10(20)4-8-12/h1-8,20H,19H2,(H,21,22)/t15-/m1/s1. The van der Waals surface area contributed by atoms with Gasteiger partial charge in [-0.3, -0.25) is 0 Å². The lowest BCUT2D eigenvalue weighted by atomic mass is 10.0. The zero-order valence-electron chi connectivity index (χ0n) is 11.5. The van der Waals surface area contributed by atoms with Crippen molar-refractivity contribution in [2.45, 2.75) is 9.33 Å². The summed E-state index contributed by atoms with van der Waals surface area (Å²) in [7, 11) is 0. The normalized spacial score (nSPS) is 14.1. The monoisotopic (exact) mass is 375 g/mol. The summed E-state index contributed by atoms with van der Waals surface area (Å²) in [6, 6.07) is 12.1. The van der Waals surface area contributed by atoms with E-state index in [2.05, 4.69) is 0 Å². The lowest BCUT2D eigenvalue weighted by molar-refractivity contribution is -0.140. The average molecular weight is 377 g/mol. The number of rotatable bonds is 5. The van der Waals surface area contributed by atoms with Crippen molar-refractivity contribution in [1.29, 1.82) is 0 Å². The summed E-state index contributed by atoms with van der Waals surface area (Å²) in [5.41, 5.74) is 5.70. The number of benzene rings is 2. The van der Waals surface area contributed by atoms with Crippen molar-refractivity contribution in [1.82, 2.24) is 0 Å². The van der Waals surface area contributed by atoms with Crippen LogP contribution in [-0.4, -0.2) is 21.2 Å². The van der Waals surface area contributed by atoms with Crippen LogP contribution in [0.3, 0.4) is 0 Å². The highest BCUT2D eigenvalue weighted by molar-refractivity contribution is 6.56. The molecular weight excluding hydrogens is 365 g/mol. The van der Waals surface area contributed by atoms with Crippen LogP contribution < -0.4 is 10.5 Å². The minimum Gasteiger partial charge on any atom is -0.508 e. The van der Waals surface area contributed by atoms with E-state index in [1.54, 1.807) is 12.1 Å². The third-order valence-electron chi connectivity index (χ3n) is 3.06. The Morgan fingerprint density at radius 2 is 1.39 bits per heavy atom. The Balaban J connectivity index is 2.22. The summed E-state index contributed by atoms with van der Waals surface area (Å²) in [6.07, 6.45) is 0. The lowest BCUT2D eigenvalue weighted by Gasteiger charge is -2.31. The van der Waals surface area contributed by atoms with Gasteiger partial charge < -0.3 is 20.7 Å². The Bertz CT molecular complexity index is 700. The third kappa shape index (κ3) is 3.64. The second-order valence-electron chi connectivity index (χ2n) is 4.71. The molecule has 0 aliphatic carbocycles. The topological polar surface area (TPSA) is 92.8 Å². The van der Waals surface area contributed by atoms with Gasteiger partial charge in [-0.2, -0.15) is 0 Å². The molecule has 8 heteroatoms. The molecule has 0 unspecified atom stereocenters. The number of phenols is 1. The number of hydrogen-bond acceptors (Lipinski definition) is 4. The molecule has 5 nitrogen and oxygen atoms in total. The van der Waals surface area contributed by atoms with Gasteiger partial charge >= 0.3 is 5.97 Å². The van der Waals surface area contributed by atoms with E-state index in [0.717, 1.165) is 0 Å². The summed E-state index contributed by atoms with van der Waals surface area (Å²) in [4.78, 5) is 8.71. The van der Waals surface area contributed by atoms with E-state index in [0.29, 0.717) is 11.5 Å². The highest BCUT2D eigenvalue weighted by Gasteiger charge is 2.53. The SMILES string of the molecule is N[C@](Cl)(C(=O)O)C(Cl)(Cl)c1ccc(Oc2ccc(O)cc2)cc1. The zero-order valence-corrected chi connectivity index (χ0v) is 13.8. The maximum Gasteiger partial charge on any atom is 0.342 e. The fourth-order valence-corrected chi connectivity index (χ4v) is 2.25. The number of alkyl halides is 3. The van der Waals surface area contributed by atoms with Crippen molar-refractivity contribution in [3.8, 4) is 17.2 Å². The van der Waals surface area contributed by atoms with Crippen LogP contribution in [0.15, 0.2) is 48.5 Å². The first-order valence-corrected chi connectivity index (χ1v) is 7.44. The fraction of sp³-hybridized carbons (Fsp3) is 0.133. The molecule has 0 spiro atoms. The highest BCUT2D eigenvalue weighted by Crippen LogP contribution is 2.45. The van der Waals surface area contributed by atoms with Gasteiger partial charge in [-0.05, 0) is 42.0 Å². The second kappa shape index (κ2) is 6.45. The molecule has 0 radical (unpaired) electrons. The molecule has 2 aromatic carbocycles. The number of halogens is 3. The van der Waals surface area contributed by atoms with Crippen LogP contribution >= 0.6 is 34.8 Å². The Morgan fingerprint density at radius 3 is 1.83 bits per heavy atom. The summed E-state index contributed by atoms with van der Waals surface area (Å²) in [6.45, 7) is 0. The van der Waals surface area contributed by atoms with E-state index in [9.17, 15) is 9.90 Å². The molecule has 122 valence electrons. The van der Waals surface area contributed by atoms with E-state index >= 15 is 0 Å². The van der Waals surface area contributed by atoms with Gasteiger partial charge in [0, 0.05) is 0 Å². The van der Waals surface area contributed by atoms with Crippen molar-refractivity contribution in [3.63, 3.8) is 0 Å². The van der Waals surface area contributed by atoms with Crippen molar-refractivity contribution in [2.24, 2.45) is 5.73 Å². The van der Waals surface area contributed by atoms with Crippen LogP contribution in [0, 0.1) is 0 Å². The number of carbonyl (C=O) groups is 1. The van der Waals surface area contributed by atoms with E-state index in [1.165, 1.54) is 36.4 Å². The summed E-state index contributed by atoms with van der Waals surface area (Å²) in [5.74, 6) is -0.462. The molecule has 0 aliphatic heterocycles. The number of aromatic hydroxyl groups is 1. The van der Waals surface area contributed by atoms with E-state index in [1.807, 2.05) is 0 Å². The molecule has 0 amide bonds. The van der Waals surface area contributed by atoms with E-state index in [4.69, 9.17) is 50.4 Å². The molecular formula is C15H12Cl3NO4. The smallest absolute Gasteiger partial charge is 0.342 e. The average Bonchev–Trinajstić information content (AvgIpc) is 2.50. The van der Waals surface area contributed by atoms with Gasteiger partial charge in [0.2, 0.25) is 5.00 Å². The minimum absolute atomic E-state index is 0.122. The number of phenolic OH excluding ortho intramolecular Hbond substituents is 1. The third-order valence-corrected chi connectivity index (χ3v) is 4.73. The molecule has 4 N–H and O–H groups in total. The lowest BCUT2D eigenvalue weighted by Crippen LogP contribution is -2.54. The molecule has 0 bridgehead atoms. The van der Waals surface area contributed by atoms with Gasteiger partial charge in [0.1, 0.15) is 17.2 Å². The predicted octanol–water partition coefficient (Wildman–Crippen LogP) is 3.79. The van der Waals surface area contributed by atoms with Crippen LogP contribution in [0.1, 0.15) is 5.56 Å². The van der Waals surface area contributed by atoms with Crippen molar-refractivity contribution >= 4 is 40.8 Å². The first kappa shape index (κ1) is 17.7. The van der Waals surface area contributed by atoms with Gasteiger partial charge in [-0.1, -0.05) is 46.9 Å². The molecule has 1 atom stereocenters. The van der Waals surface area contributed by atoms with E-state index < -0.39 is 15.3 Å². The number of ether oxygens (including phenoxy) is 1. The molecule has 2 rings (SSSR count). The molecule has 23 heavy (non-hydrogen) atoms. The van der Waals surface area contributed by atoms with Crippen LogP contribution in [-0.2, 0) is 9.13 Å². The van der Waals surface area contributed by atoms with Crippen LogP contribution in [0.25, 0.3) is 0 Å². The summed E-state index contributed by atoms with van der Waals surface area (Å²) < 4.78 is 3.51. The number of carboxylic acids is 1. The quantitative estimate of drug-likeness (QED) is 0.545. The van der Waals surface area contributed by atoms with Crippen LogP contribution in [0.4, 0.5) is 0 Å². The molecule has 2 aromatic rings. The minimum atomic E-state index is -2.39. The Kier molecular flexibility index (Phi) is 4.96. The Morgan fingerprint density at radius 1 is 0.957 bits per heavy atom. The van der Waals surface area contributed by atoms with Gasteiger partial charge in [-0.15, -0.1) is 0 Å². The maximum atomic E-state index is 11.1. The predicted molar refractivity (Wildman–Crippen MR) is 88.4 cm³/mol.